The summed E-state index contributed by atoms with van der Waals surface area (Å²) in [6, 6.07) is 14.8. The predicted octanol–water partition coefficient (Wildman–Crippen LogP) is 3.96. The number of rotatable bonds is 2. The van der Waals surface area contributed by atoms with E-state index in [9.17, 15) is 4.79 Å². The zero-order chi connectivity index (χ0) is 12.3. The molecule has 0 fully saturated rings. The molecule has 4 heteroatoms. The first-order valence-corrected chi connectivity index (χ1v) is 6.60. The molecule has 0 aliphatic rings. The number of thioether (sulfide) groups is 1. The SMILES string of the molecule is Nc1ccc(Br)cc1C(=O)Sc1ccccc1. The van der Waals surface area contributed by atoms with Crippen LogP contribution in [0.15, 0.2) is 57.9 Å². The van der Waals surface area contributed by atoms with Crippen LogP contribution < -0.4 is 5.73 Å². The largest absolute Gasteiger partial charge is 0.398 e. The van der Waals surface area contributed by atoms with Crippen LogP contribution in [0.1, 0.15) is 10.4 Å². The summed E-state index contributed by atoms with van der Waals surface area (Å²) in [6.07, 6.45) is 0. The first kappa shape index (κ1) is 12.2. The monoisotopic (exact) mass is 307 g/mol. The van der Waals surface area contributed by atoms with Crippen LogP contribution in [0.25, 0.3) is 0 Å². The maximum Gasteiger partial charge on any atom is 0.226 e. The van der Waals surface area contributed by atoms with Crippen molar-refractivity contribution in [1.29, 1.82) is 0 Å². The van der Waals surface area contributed by atoms with Gasteiger partial charge in [0.25, 0.3) is 0 Å². The minimum atomic E-state index is -0.0463. The third kappa shape index (κ3) is 3.11. The second kappa shape index (κ2) is 5.38. The maximum atomic E-state index is 12.0. The molecule has 17 heavy (non-hydrogen) atoms. The molecule has 2 aromatic carbocycles. The summed E-state index contributed by atoms with van der Waals surface area (Å²) in [5.41, 5.74) is 6.83. The highest BCUT2D eigenvalue weighted by Crippen LogP contribution is 2.27. The number of carbonyl (C=O) groups excluding carboxylic acids is 1. The summed E-state index contributed by atoms with van der Waals surface area (Å²) >= 11 is 4.51. The van der Waals surface area contributed by atoms with E-state index in [1.165, 1.54) is 11.8 Å². The van der Waals surface area contributed by atoms with Crippen molar-refractivity contribution in [2.75, 3.05) is 5.73 Å². The number of anilines is 1. The smallest absolute Gasteiger partial charge is 0.226 e. The van der Waals surface area contributed by atoms with Crippen LogP contribution in [-0.2, 0) is 0 Å². The summed E-state index contributed by atoms with van der Waals surface area (Å²) in [6.45, 7) is 0. The van der Waals surface area contributed by atoms with Crippen LogP contribution in [0, 0.1) is 0 Å². The van der Waals surface area contributed by atoms with Gasteiger partial charge in [0.2, 0.25) is 5.12 Å². The van der Waals surface area contributed by atoms with Crippen molar-refractivity contribution in [3.63, 3.8) is 0 Å². The molecule has 0 aromatic heterocycles. The third-order valence-corrected chi connectivity index (χ3v) is 3.60. The lowest BCUT2D eigenvalue weighted by atomic mass is 10.2. The number of hydrogen-bond acceptors (Lipinski definition) is 3. The molecule has 0 atom stereocenters. The Labute approximate surface area is 112 Å². The standard InChI is InChI=1S/C13H10BrNOS/c14-9-6-7-12(15)11(8-9)13(16)17-10-4-2-1-3-5-10/h1-8H,15H2. The van der Waals surface area contributed by atoms with Crippen molar-refractivity contribution in [2.45, 2.75) is 4.90 Å². The Morgan fingerprint density at radius 1 is 1.12 bits per heavy atom. The van der Waals surface area contributed by atoms with Crippen molar-refractivity contribution in [3.8, 4) is 0 Å². The Bertz CT molecular complexity index is 542. The number of nitrogen functional groups attached to an aromatic ring is 1. The second-order valence-electron chi connectivity index (χ2n) is 3.43. The molecule has 2 nitrogen and oxygen atoms in total. The number of hydrogen-bond donors (Lipinski definition) is 1. The summed E-state index contributed by atoms with van der Waals surface area (Å²) in [4.78, 5) is 13.0. The molecule has 2 rings (SSSR count). The highest BCUT2D eigenvalue weighted by molar-refractivity contribution is 9.10. The molecule has 0 saturated carbocycles. The van der Waals surface area contributed by atoms with Gasteiger partial charge in [-0.05, 0) is 42.1 Å². The molecule has 0 amide bonds. The van der Waals surface area contributed by atoms with Crippen LogP contribution in [0.3, 0.4) is 0 Å². The van der Waals surface area contributed by atoms with Crippen molar-refractivity contribution < 1.29 is 4.79 Å². The van der Waals surface area contributed by atoms with Gasteiger partial charge in [-0.3, -0.25) is 4.79 Å². The number of benzene rings is 2. The molecule has 0 saturated heterocycles. The first-order chi connectivity index (χ1) is 8.16. The summed E-state index contributed by atoms with van der Waals surface area (Å²) in [7, 11) is 0. The van der Waals surface area contributed by atoms with Crippen LogP contribution >= 0.6 is 27.7 Å². The van der Waals surface area contributed by atoms with E-state index in [-0.39, 0.29) is 5.12 Å². The zero-order valence-corrected chi connectivity index (χ0v) is 11.3. The highest BCUT2D eigenvalue weighted by Gasteiger charge is 2.11. The predicted molar refractivity (Wildman–Crippen MR) is 75.2 cm³/mol. The second-order valence-corrected chi connectivity index (χ2v) is 5.40. The highest BCUT2D eigenvalue weighted by atomic mass is 79.9. The van der Waals surface area contributed by atoms with Crippen molar-refractivity contribution in [1.82, 2.24) is 0 Å². The molecule has 2 aromatic rings. The van der Waals surface area contributed by atoms with Crippen LogP contribution in [-0.4, -0.2) is 5.12 Å². The summed E-state index contributed by atoms with van der Waals surface area (Å²) in [5.74, 6) is 0. The Morgan fingerprint density at radius 2 is 1.82 bits per heavy atom. The van der Waals surface area contributed by atoms with Crippen LogP contribution in [0.5, 0.6) is 0 Å². The Kier molecular flexibility index (Phi) is 3.86. The van der Waals surface area contributed by atoms with E-state index in [1.54, 1.807) is 12.1 Å². The summed E-state index contributed by atoms with van der Waals surface area (Å²) in [5, 5.41) is -0.0463. The number of halogens is 1. The average molecular weight is 308 g/mol. The van der Waals surface area contributed by atoms with Gasteiger partial charge in [0, 0.05) is 15.1 Å². The van der Waals surface area contributed by atoms with Gasteiger partial charge in [0.05, 0.1) is 5.56 Å². The van der Waals surface area contributed by atoms with Crippen molar-refractivity contribution in [2.24, 2.45) is 0 Å². The minimum Gasteiger partial charge on any atom is -0.398 e. The molecule has 0 unspecified atom stereocenters. The van der Waals surface area contributed by atoms with E-state index >= 15 is 0 Å². The van der Waals surface area contributed by atoms with Crippen LogP contribution in [0.2, 0.25) is 0 Å². The topological polar surface area (TPSA) is 43.1 Å². The van der Waals surface area contributed by atoms with Crippen molar-refractivity contribution >= 4 is 38.5 Å². The molecule has 0 aliphatic heterocycles. The van der Waals surface area contributed by atoms with E-state index in [4.69, 9.17) is 5.73 Å². The van der Waals surface area contributed by atoms with Gasteiger partial charge in [-0.15, -0.1) is 0 Å². The molecule has 86 valence electrons. The summed E-state index contributed by atoms with van der Waals surface area (Å²) < 4.78 is 0.851. The fourth-order valence-corrected chi connectivity index (χ4v) is 2.51. The lowest BCUT2D eigenvalue weighted by Gasteiger charge is -2.04. The van der Waals surface area contributed by atoms with Crippen molar-refractivity contribution in [3.05, 3.63) is 58.6 Å². The van der Waals surface area contributed by atoms with Gasteiger partial charge >= 0.3 is 0 Å². The van der Waals surface area contributed by atoms with Gasteiger partial charge in [0.15, 0.2) is 0 Å². The fraction of sp³-hybridized carbons (Fsp3) is 0. The fourth-order valence-electron chi connectivity index (χ4n) is 1.36. The van der Waals surface area contributed by atoms with Gasteiger partial charge in [-0.1, -0.05) is 34.1 Å². The average Bonchev–Trinajstić information content (AvgIpc) is 2.33. The van der Waals surface area contributed by atoms with Gasteiger partial charge in [-0.25, -0.2) is 0 Å². The van der Waals surface area contributed by atoms with Crippen LogP contribution in [0.4, 0.5) is 5.69 Å². The molecule has 0 aliphatic carbocycles. The lowest BCUT2D eigenvalue weighted by Crippen LogP contribution is -1.99. The molecule has 0 spiro atoms. The number of nitrogens with two attached hydrogens (primary N) is 1. The minimum absolute atomic E-state index is 0.0463. The third-order valence-electron chi connectivity index (χ3n) is 2.19. The quantitative estimate of drug-likeness (QED) is 0.674. The van der Waals surface area contributed by atoms with E-state index in [0.717, 1.165) is 9.37 Å². The van der Waals surface area contributed by atoms with E-state index in [2.05, 4.69) is 15.9 Å². The molecular weight excluding hydrogens is 298 g/mol. The Morgan fingerprint density at radius 3 is 2.53 bits per heavy atom. The van der Waals surface area contributed by atoms with E-state index in [0.29, 0.717) is 11.3 Å². The van der Waals surface area contributed by atoms with E-state index < -0.39 is 0 Å². The molecule has 0 bridgehead atoms. The molecule has 2 N–H and O–H groups in total. The lowest BCUT2D eigenvalue weighted by molar-refractivity contribution is 0.108. The molecular formula is C13H10BrNOS. The maximum absolute atomic E-state index is 12.0. The Balaban J connectivity index is 2.23. The molecule has 0 radical (unpaired) electrons. The Hall–Kier alpha value is -1.26. The molecule has 0 heterocycles. The normalized spacial score (nSPS) is 10.2. The zero-order valence-electron chi connectivity index (χ0n) is 8.89. The number of carbonyl (C=O) groups is 1. The first-order valence-electron chi connectivity index (χ1n) is 4.99. The van der Waals surface area contributed by atoms with E-state index in [1.807, 2.05) is 36.4 Å². The van der Waals surface area contributed by atoms with Gasteiger partial charge in [0.1, 0.15) is 0 Å². The van der Waals surface area contributed by atoms with Gasteiger partial charge < -0.3 is 5.73 Å². The van der Waals surface area contributed by atoms with Gasteiger partial charge in [-0.2, -0.15) is 0 Å².